The van der Waals surface area contributed by atoms with Crippen molar-refractivity contribution in [1.29, 1.82) is 0 Å². The zero-order valence-corrected chi connectivity index (χ0v) is 59.7. The van der Waals surface area contributed by atoms with Gasteiger partial charge in [0.1, 0.15) is 67.0 Å². The lowest BCUT2D eigenvalue weighted by Gasteiger charge is -2.41. The molecule has 1 fully saturated rings. The van der Waals surface area contributed by atoms with Crippen LogP contribution in [0.15, 0.2) is 24.3 Å². The van der Waals surface area contributed by atoms with Crippen LogP contribution in [0, 0.1) is 35.5 Å². The molecule has 1 rings (SSSR count). The molecule has 0 aromatic heterocycles. The topological polar surface area (TPSA) is 314 Å². The average Bonchev–Trinajstić information content (AvgIpc) is 0.831. The number of aliphatic hydroxyl groups is 1. The fourth-order valence-corrected chi connectivity index (χ4v) is 11.1. The number of carbonyl (C=O) groups excluding carboxylic acids is 12. The molecule has 0 aromatic rings. The Bertz CT molecular complexity index is 2580. The Kier molecular flexibility index (Phi) is 35.1. The monoisotopic (exact) mass is 1300 g/mol. The van der Waals surface area contributed by atoms with Crippen LogP contribution in [-0.4, -0.2) is 252 Å². The van der Waals surface area contributed by atoms with E-state index in [9.17, 15) is 53.1 Å². The minimum atomic E-state index is -1.65. The number of hydrogen-bond donors (Lipinski definition) is 5. The Balaban J connectivity index is 4.40. The Morgan fingerprint density at radius 1 is 0.522 bits per heavy atom. The molecule has 0 radical (unpaired) electrons. The van der Waals surface area contributed by atoms with Crippen molar-refractivity contribution in [2.75, 3.05) is 69.1 Å². The zero-order chi connectivity index (χ0) is 71.1. The molecule has 1 aliphatic heterocycles. The number of amides is 11. The number of rotatable bonds is 19. The van der Waals surface area contributed by atoms with Gasteiger partial charge in [-0.05, 0) is 101 Å². The van der Waals surface area contributed by atoms with E-state index in [-0.39, 0.29) is 63.1 Å². The molecule has 0 aliphatic carbocycles. The first-order valence-electron chi connectivity index (χ1n) is 32.4. The largest absolute Gasteiger partial charge is 0.462 e. The van der Waals surface area contributed by atoms with Crippen molar-refractivity contribution in [3.63, 3.8) is 0 Å². The molecule has 1 aliphatic rings. The molecule has 1 heterocycles. The molecule has 26 nitrogen and oxygen atoms in total. The number of likely N-dealkylation sites (N-methyl/N-ethyl adjacent to an activating group) is 7. The predicted octanol–water partition coefficient (Wildman–Crippen LogP) is 2.75. The van der Waals surface area contributed by atoms with Crippen molar-refractivity contribution in [3.05, 3.63) is 24.3 Å². The Hall–Kier alpha value is -6.96. The second-order valence-electron chi connectivity index (χ2n) is 26.7. The summed E-state index contributed by atoms with van der Waals surface area (Å²) in [4.78, 5) is 181. The van der Waals surface area contributed by atoms with Crippen molar-refractivity contribution in [3.8, 4) is 0 Å². The normalized spacial score (nSPS) is 26.1. The molecule has 0 unspecified atom stereocenters. The molecule has 11 amide bonds. The summed E-state index contributed by atoms with van der Waals surface area (Å²) < 4.78 is 11.0. The first kappa shape index (κ1) is 83.1. The summed E-state index contributed by atoms with van der Waals surface area (Å²) in [5.74, 6) is -11.0. The van der Waals surface area contributed by atoms with E-state index in [1.165, 1.54) is 109 Å². The SMILES string of the molecule is C/C=C/C[C@@H](C)[C@@H](O)[C@@H]1C(=O)N[C@@H](CC)C(=O)N(C)CC(=O)N(C)[C@@H]([C@@H](C)OC/C=C/COC(C)=O)C(=O)N[C@@H](C(C)C)C(=O)N(C)[C@@H](CC(C)C)C(=O)N[C@@H](C)C(=O)N[C@H](C)C(=O)N(C)[C@@H](CC(C)C)C(=O)N(C)[C@@H](CC(C)C)C(=O)N(C)[C@@H](C(C)C)C(=O)N1C. The number of nitrogens with one attached hydrogen (secondary N) is 4. The van der Waals surface area contributed by atoms with Crippen LogP contribution in [0.3, 0.4) is 0 Å². The van der Waals surface area contributed by atoms with Gasteiger partial charge >= 0.3 is 5.97 Å². The molecule has 0 aromatic carbocycles. The van der Waals surface area contributed by atoms with Gasteiger partial charge in [0.2, 0.25) is 65.0 Å². The molecule has 524 valence electrons. The first-order valence-corrected chi connectivity index (χ1v) is 32.4. The summed E-state index contributed by atoms with van der Waals surface area (Å²) >= 11 is 0. The number of allylic oxidation sites excluding steroid dienone is 2. The van der Waals surface area contributed by atoms with E-state index in [1.54, 1.807) is 60.6 Å². The molecule has 13 atom stereocenters. The van der Waals surface area contributed by atoms with E-state index >= 15 is 9.59 Å². The second-order valence-corrected chi connectivity index (χ2v) is 26.7. The van der Waals surface area contributed by atoms with Crippen molar-refractivity contribution < 1.29 is 72.1 Å². The highest BCUT2D eigenvalue weighted by Gasteiger charge is 2.46. The van der Waals surface area contributed by atoms with Crippen LogP contribution in [0.1, 0.15) is 150 Å². The van der Waals surface area contributed by atoms with E-state index in [0.29, 0.717) is 0 Å². The van der Waals surface area contributed by atoms with Crippen LogP contribution < -0.4 is 21.3 Å². The van der Waals surface area contributed by atoms with Gasteiger partial charge in [-0.3, -0.25) is 57.5 Å². The van der Waals surface area contributed by atoms with Gasteiger partial charge < -0.3 is 70.1 Å². The van der Waals surface area contributed by atoms with E-state index in [1.807, 2.05) is 41.5 Å². The first-order chi connectivity index (χ1) is 42.6. The van der Waals surface area contributed by atoms with Crippen LogP contribution in [0.4, 0.5) is 0 Å². The maximum atomic E-state index is 15.2. The highest BCUT2D eigenvalue weighted by atomic mass is 16.5. The quantitative estimate of drug-likeness (QED) is 0.0918. The van der Waals surface area contributed by atoms with Gasteiger partial charge in [-0.15, -0.1) is 0 Å². The fourth-order valence-electron chi connectivity index (χ4n) is 11.1. The summed E-state index contributed by atoms with van der Waals surface area (Å²) in [6.45, 7) is 27.7. The number of esters is 1. The van der Waals surface area contributed by atoms with Gasteiger partial charge in [0.15, 0.2) is 0 Å². The summed E-state index contributed by atoms with van der Waals surface area (Å²) in [6.07, 6.45) is 4.59. The average molecular weight is 1300 g/mol. The van der Waals surface area contributed by atoms with Crippen LogP contribution in [0.5, 0.6) is 0 Å². The van der Waals surface area contributed by atoms with E-state index in [2.05, 4.69) is 21.3 Å². The lowest BCUT2D eigenvalue weighted by atomic mass is 9.91. The zero-order valence-electron chi connectivity index (χ0n) is 59.7. The number of aliphatic hydroxyl groups excluding tert-OH is 1. The van der Waals surface area contributed by atoms with Crippen molar-refractivity contribution in [1.82, 2.24) is 55.6 Å². The van der Waals surface area contributed by atoms with E-state index < -0.39 is 168 Å². The van der Waals surface area contributed by atoms with E-state index in [0.717, 1.165) is 14.7 Å². The maximum Gasteiger partial charge on any atom is 0.302 e. The summed E-state index contributed by atoms with van der Waals surface area (Å²) in [7, 11) is 9.66. The molecular weight excluding hydrogens is 1190 g/mol. The third-order valence-electron chi connectivity index (χ3n) is 16.7. The highest BCUT2D eigenvalue weighted by molar-refractivity contribution is 5.99. The van der Waals surface area contributed by atoms with Gasteiger partial charge in [0, 0.05) is 56.3 Å². The van der Waals surface area contributed by atoms with Crippen LogP contribution >= 0.6 is 0 Å². The van der Waals surface area contributed by atoms with Gasteiger partial charge in [-0.2, -0.15) is 0 Å². The smallest absolute Gasteiger partial charge is 0.302 e. The van der Waals surface area contributed by atoms with E-state index in [4.69, 9.17) is 9.47 Å². The molecular formula is C66H115N11O15. The van der Waals surface area contributed by atoms with Crippen LogP contribution in [0.2, 0.25) is 0 Å². The lowest BCUT2D eigenvalue weighted by molar-refractivity contribution is -0.157. The van der Waals surface area contributed by atoms with Gasteiger partial charge in [0.25, 0.3) is 0 Å². The fraction of sp³-hybridized carbons (Fsp3) is 0.758. The number of hydrogen-bond acceptors (Lipinski definition) is 15. The van der Waals surface area contributed by atoms with Crippen molar-refractivity contribution in [2.24, 2.45) is 35.5 Å². The Labute approximate surface area is 548 Å². The van der Waals surface area contributed by atoms with Gasteiger partial charge in [0.05, 0.1) is 25.4 Å². The highest BCUT2D eigenvalue weighted by Crippen LogP contribution is 2.26. The summed E-state index contributed by atoms with van der Waals surface area (Å²) in [6, 6.07) is -13.1. The number of nitrogens with zero attached hydrogens (tertiary/aromatic N) is 7. The third-order valence-corrected chi connectivity index (χ3v) is 16.7. The Morgan fingerprint density at radius 3 is 1.48 bits per heavy atom. The molecule has 5 N–H and O–H groups in total. The molecule has 1 saturated heterocycles. The standard InChI is InChI=1S/C66H115N11O15/c1-25-27-30-42(13)56(80)55-60(84)69-47(26-2)62(86)71(18)36-51(79)75(22)54(45(16)91-31-28-29-32-92-46(17)78)59(83)70-52(40(9)10)65(89)72(19)48(33-37(3)4)58(82)67-43(14)57(81)68-44(15)61(85)73(20)49(34-38(5)6)63(87)74(21)50(35-39(7)8)64(88)76(23)53(41(11)12)66(90)77(55)24/h25,27-29,37-45,47-50,52-56,80H,26,30-36H2,1-24H3,(H,67,82)(H,68,81)(H,69,84)(H,70,83)/b27-25+,29-28+/t42-,43+,44-,45-,47+,48+,49+,50+,52+,53+,54+,55-,56-/m1/s1. The predicted molar refractivity (Wildman–Crippen MR) is 350 cm³/mol. The van der Waals surface area contributed by atoms with Crippen LogP contribution in [-0.2, 0) is 67.0 Å². The molecule has 0 saturated carbocycles. The number of ether oxygens (including phenoxy) is 2. The molecule has 0 bridgehead atoms. The molecule has 26 heteroatoms. The second kappa shape index (κ2) is 38.9. The Morgan fingerprint density at radius 2 is 0.989 bits per heavy atom. The molecule has 0 spiro atoms. The minimum Gasteiger partial charge on any atom is -0.462 e. The van der Waals surface area contributed by atoms with Crippen LogP contribution in [0.25, 0.3) is 0 Å². The maximum absolute atomic E-state index is 15.2. The lowest BCUT2D eigenvalue weighted by Crippen LogP contribution is -2.63. The van der Waals surface area contributed by atoms with Crippen molar-refractivity contribution in [2.45, 2.75) is 222 Å². The summed E-state index contributed by atoms with van der Waals surface area (Å²) in [5.41, 5.74) is 0. The molecule has 92 heavy (non-hydrogen) atoms. The van der Waals surface area contributed by atoms with Gasteiger partial charge in [-0.1, -0.05) is 101 Å². The minimum absolute atomic E-state index is 0.0302. The summed E-state index contributed by atoms with van der Waals surface area (Å²) in [5, 5.41) is 23.0. The number of carbonyl (C=O) groups is 12. The third kappa shape index (κ3) is 24.2. The van der Waals surface area contributed by atoms with Crippen molar-refractivity contribution >= 4 is 70.9 Å². The van der Waals surface area contributed by atoms with Gasteiger partial charge in [-0.25, -0.2) is 0 Å².